The van der Waals surface area contributed by atoms with E-state index in [-0.39, 0.29) is 50.3 Å². The van der Waals surface area contributed by atoms with Gasteiger partial charge in [-0.15, -0.1) is 0 Å². The Balaban J connectivity index is 1.66. The first kappa shape index (κ1) is 24.1. The number of rotatable bonds is 3. The summed E-state index contributed by atoms with van der Waals surface area (Å²) in [5.74, 6) is -3.30. The number of methoxy groups -OCH3 is 1. The number of hydrogen-bond donors (Lipinski definition) is 2. The largest absolute Gasteiger partial charge is 0.453 e. The molecular weight excluding hydrogens is 406 g/mol. The van der Waals surface area contributed by atoms with E-state index in [9.17, 15) is 24.6 Å². The zero-order chi connectivity index (χ0) is 22.8. The molecule has 3 saturated heterocycles. The molecule has 2 atom stereocenters. The van der Waals surface area contributed by atoms with E-state index in [2.05, 4.69) is 0 Å². The van der Waals surface area contributed by atoms with Crippen LogP contribution < -0.4 is 0 Å². The van der Waals surface area contributed by atoms with Gasteiger partial charge in [0.1, 0.15) is 11.7 Å². The van der Waals surface area contributed by atoms with Crippen molar-refractivity contribution in [1.82, 2.24) is 14.7 Å². The summed E-state index contributed by atoms with van der Waals surface area (Å²) in [5, 5.41) is 20.0. The van der Waals surface area contributed by atoms with Gasteiger partial charge in [0.2, 0.25) is 5.91 Å². The topological polar surface area (TPSA) is 120 Å². The average Bonchev–Trinajstić information content (AvgIpc) is 2.67. The first-order valence-corrected chi connectivity index (χ1v) is 10.9. The molecule has 1 spiro atoms. The molecule has 3 aliphatic rings. The van der Waals surface area contributed by atoms with Crippen LogP contribution in [0.3, 0.4) is 0 Å². The molecule has 3 fully saturated rings. The van der Waals surface area contributed by atoms with Crippen LogP contribution in [0.5, 0.6) is 0 Å². The molecule has 3 aliphatic heterocycles. The van der Waals surface area contributed by atoms with Crippen molar-refractivity contribution in [2.45, 2.75) is 50.1 Å². The summed E-state index contributed by atoms with van der Waals surface area (Å²) >= 11 is 0. The van der Waals surface area contributed by atoms with E-state index in [1.807, 2.05) is 16.8 Å². The van der Waals surface area contributed by atoms with Crippen LogP contribution in [0.15, 0.2) is 0 Å². The number of ether oxygens (including phenoxy) is 2. The molecule has 3 heterocycles. The van der Waals surface area contributed by atoms with Crippen LogP contribution in [0, 0.1) is 5.92 Å². The van der Waals surface area contributed by atoms with Crippen molar-refractivity contribution in [3.05, 3.63) is 0 Å². The van der Waals surface area contributed by atoms with E-state index >= 15 is 0 Å². The maximum Gasteiger partial charge on any atom is 0.316 e. The molecular formula is C21H35N3O7. The van der Waals surface area contributed by atoms with Gasteiger partial charge in [-0.25, -0.2) is 0 Å². The zero-order valence-electron chi connectivity index (χ0n) is 18.7. The number of likely N-dealkylation sites (N-methyl/N-ethyl adjacent to an activating group) is 1. The van der Waals surface area contributed by atoms with Crippen LogP contribution in [0.1, 0.15) is 32.6 Å². The second-order valence-corrected chi connectivity index (χ2v) is 9.38. The third-order valence-electron chi connectivity index (χ3n) is 6.57. The highest BCUT2D eigenvalue weighted by Crippen LogP contribution is 2.30. The Morgan fingerprint density at radius 2 is 1.90 bits per heavy atom. The molecule has 0 aromatic carbocycles. The number of hydrogen-bond acceptors (Lipinski definition) is 9. The molecule has 0 saturated carbocycles. The third kappa shape index (κ3) is 5.81. The second kappa shape index (κ2) is 9.50. The molecule has 0 aromatic rings. The lowest BCUT2D eigenvalue weighted by Gasteiger charge is -2.51. The van der Waals surface area contributed by atoms with Crippen LogP contribution in [0.2, 0.25) is 0 Å². The van der Waals surface area contributed by atoms with Gasteiger partial charge in [0.25, 0.3) is 0 Å². The van der Waals surface area contributed by atoms with Crippen molar-refractivity contribution >= 4 is 17.7 Å². The lowest BCUT2D eigenvalue weighted by Crippen LogP contribution is -2.70. The highest BCUT2D eigenvalue weighted by Gasteiger charge is 2.50. The summed E-state index contributed by atoms with van der Waals surface area (Å²) in [6.45, 7) is 4.38. The molecule has 10 nitrogen and oxygen atoms in total. The smallest absolute Gasteiger partial charge is 0.316 e. The van der Waals surface area contributed by atoms with Crippen molar-refractivity contribution < 1.29 is 34.1 Å². The average molecular weight is 442 g/mol. The fourth-order valence-corrected chi connectivity index (χ4v) is 4.48. The number of β-amino-alcohol motifs (C(OH)–C–C–N with tert-alkyl or cyclic N) is 1. The Bertz CT molecular complexity index is 690. The number of carbonyl (C=O) groups is 3. The molecule has 1 unspecified atom stereocenters. The standard InChI is InChI=1S/C21H35N3O7/c1-15-17(26)5-7-21(29,30-3)6-4-8-22(2)12-20(31-19(15)28)13-24(14-20)18(27)11-23-9-16(25)10-23/h15-16,25,29H,4-14H2,1-3H3/t15?,21-/m1/s1. The lowest BCUT2D eigenvalue weighted by atomic mass is 9.91. The van der Waals surface area contributed by atoms with Crippen molar-refractivity contribution in [1.29, 1.82) is 0 Å². The summed E-state index contributed by atoms with van der Waals surface area (Å²) < 4.78 is 11.0. The van der Waals surface area contributed by atoms with E-state index in [1.165, 1.54) is 14.0 Å². The maximum atomic E-state index is 12.7. The number of likely N-dealkylation sites (tertiary alicyclic amines) is 2. The van der Waals surface area contributed by atoms with Crippen LogP contribution in [-0.4, -0.2) is 120 Å². The highest BCUT2D eigenvalue weighted by atomic mass is 16.6. The fourth-order valence-electron chi connectivity index (χ4n) is 4.48. The van der Waals surface area contributed by atoms with Crippen molar-refractivity contribution in [3.8, 4) is 0 Å². The van der Waals surface area contributed by atoms with E-state index in [1.54, 1.807) is 4.90 Å². The van der Waals surface area contributed by atoms with Gasteiger partial charge < -0.3 is 29.5 Å². The minimum absolute atomic E-state index is 0.0236. The van der Waals surface area contributed by atoms with Gasteiger partial charge in [0.05, 0.1) is 25.7 Å². The van der Waals surface area contributed by atoms with E-state index in [0.717, 1.165) is 0 Å². The number of aliphatic hydroxyl groups excluding tert-OH is 1. The minimum atomic E-state index is -1.39. The minimum Gasteiger partial charge on any atom is -0.453 e. The van der Waals surface area contributed by atoms with Gasteiger partial charge in [0.15, 0.2) is 11.4 Å². The normalized spacial score (nSPS) is 31.8. The quantitative estimate of drug-likeness (QED) is 0.317. The number of Topliss-reactive ketones (excluding diaryl/α,β-unsaturated/α-hetero) is 1. The van der Waals surface area contributed by atoms with Crippen molar-refractivity contribution in [2.24, 2.45) is 5.92 Å². The van der Waals surface area contributed by atoms with Gasteiger partial charge in [-0.2, -0.15) is 0 Å². The lowest BCUT2D eigenvalue weighted by molar-refractivity contribution is -0.196. The molecule has 10 heteroatoms. The number of carbonyl (C=O) groups excluding carboxylic acids is 3. The van der Waals surface area contributed by atoms with Crippen LogP contribution >= 0.6 is 0 Å². The number of nitrogens with zero attached hydrogens (tertiary/aromatic N) is 3. The number of esters is 1. The van der Waals surface area contributed by atoms with Gasteiger partial charge in [-0.3, -0.25) is 19.3 Å². The van der Waals surface area contributed by atoms with Crippen LogP contribution in [0.25, 0.3) is 0 Å². The van der Waals surface area contributed by atoms with E-state index in [0.29, 0.717) is 39.0 Å². The highest BCUT2D eigenvalue weighted by molar-refractivity contribution is 5.98. The van der Waals surface area contributed by atoms with Crippen LogP contribution in [0.4, 0.5) is 0 Å². The van der Waals surface area contributed by atoms with E-state index < -0.39 is 23.3 Å². The zero-order valence-corrected chi connectivity index (χ0v) is 18.7. The maximum absolute atomic E-state index is 12.7. The predicted octanol–water partition coefficient (Wildman–Crippen LogP) is -1.17. The Labute approximate surface area is 183 Å². The fraction of sp³-hybridized carbons (Fsp3) is 0.857. The van der Waals surface area contributed by atoms with Gasteiger partial charge in [-0.05, 0) is 26.9 Å². The van der Waals surface area contributed by atoms with Gasteiger partial charge in [-0.1, -0.05) is 0 Å². The Morgan fingerprint density at radius 1 is 1.23 bits per heavy atom. The summed E-state index contributed by atoms with van der Waals surface area (Å²) in [5.41, 5.74) is -0.851. The van der Waals surface area contributed by atoms with Gasteiger partial charge in [0, 0.05) is 46.0 Å². The van der Waals surface area contributed by atoms with Gasteiger partial charge >= 0.3 is 5.97 Å². The number of ketones is 1. The summed E-state index contributed by atoms with van der Waals surface area (Å²) in [6.07, 6.45) is 0.811. The molecule has 0 aliphatic carbocycles. The molecule has 0 aromatic heterocycles. The first-order valence-electron chi connectivity index (χ1n) is 10.9. The monoisotopic (exact) mass is 441 g/mol. The Kier molecular flexibility index (Phi) is 7.37. The third-order valence-corrected chi connectivity index (χ3v) is 6.57. The summed E-state index contributed by atoms with van der Waals surface area (Å²) in [7, 11) is 3.32. The molecule has 0 bridgehead atoms. The second-order valence-electron chi connectivity index (χ2n) is 9.38. The number of amides is 1. The number of aliphatic hydroxyl groups is 2. The Hall–Kier alpha value is -1.59. The van der Waals surface area contributed by atoms with Crippen molar-refractivity contribution in [2.75, 3.05) is 60.0 Å². The van der Waals surface area contributed by atoms with Crippen molar-refractivity contribution in [3.63, 3.8) is 0 Å². The summed E-state index contributed by atoms with van der Waals surface area (Å²) in [4.78, 5) is 43.3. The first-order chi connectivity index (χ1) is 14.5. The molecule has 176 valence electrons. The molecule has 3 rings (SSSR count). The molecule has 0 radical (unpaired) electrons. The Morgan fingerprint density at radius 3 is 2.52 bits per heavy atom. The molecule has 31 heavy (non-hydrogen) atoms. The van der Waals surface area contributed by atoms with E-state index in [4.69, 9.17) is 9.47 Å². The predicted molar refractivity (Wildman–Crippen MR) is 110 cm³/mol. The SMILES string of the molecule is CO[C@]1(O)CCCN(C)CC2(CN(C(=O)CN3CC(O)C3)C2)OC(=O)C(C)C(=O)CC1. The van der Waals surface area contributed by atoms with Crippen LogP contribution in [-0.2, 0) is 23.9 Å². The molecule has 2 N–H and O–H groups in total. The molecule has 1 amide bonds. The summed E-state index contributed by atoms with van der Waals surface area (Å²) in [6, 6.07) is 0.